The van der Waals surface area contributed by atoms with Crippen molar-refractivity contribution < 1.29 is 4.79 Å². The maximum absolute atomic E-state index is 12.9. The van der Waals surface area contributed by atoms with Gasteiger partial charge >= 0.3 is 0 Å². The largest absolute Gasteiger partial charge is 0.374 e. The molecule has 2 aromatic heterocycles. The van der Waals surface area contributed by atoms with E-state index in [1.807, 2.05) is 44.2 Å². The summed E-state index contributed by atoms with van der Waals surface area (Å²) in [6, 6.07) is 9.55. The molecule has 1 aromatic carbocycles. The van der Waals surface area contributed by atoms with Gasteiger partial charge in [0.15, 0.2) is 0 Å². The molecule has 2 heterocycles. The summed E-state index contributed by atoms with van der Waals surface area (Å²) in [7, 11) is 0. The topological polar surface area (TPSA) is 107 Å². The van der Waals surface area contributed by atoms with Gasteiger partial charge in [0, 0.05) is 11.8 Å². The summed E-state index contributed by atoms with van der Waals surface area (Å²) in [4.78, 5) is 21.5. The van der Waals surface area contributed by atoms with E-state index < -0.39 is 5.54 Å². The van der Waals surface area contributed by atoms with E-state index in [-0.39, 0.29) is 5.91 Å². The summed E-state index contributed by atoms with van der Waals surface area (Å²) in [5.74, 6) is 0.323. The number of hydrogen-bond acceptors (Lipinski definition) is 7. The van der Waals surface area contributed by atoms with Crippen LogP contribution in [0.25, 0.3) is 11.3 Å². The lowest BCUT2D eigenvalue weighted by atomic mass is 10.0. The van der Waals surface area contributed by atoms with Crippen molar-refractivity contribution in [1.29, 1.82) is 0 Å². The molecule has 0 fully saturated rings. The molecule has 0 unspecified atom stereocenters. The second kappa shape index (κ2) is 6.56. The molecule has 7 nitrogen and oxygen atoms in total. The quantitative estimate of drug-likeness (QED) is 0.746. The Balaban J connectivity index is 1.95. The smallest absolute Gasteiger partial charge is 0.255 e. The number of nitrogen functional groups attached to an aromatic ring is 1. The van der Waals surface area contributed by atoms with Crippen LogP contribution in [-0.2, 0) is 5.54 Å². The van der Waals surface area contributed by atoms with Gasteiger partial charge in [-0.1, -0.05) is 41.7 Å². The molecule has 1 amide bonds. The Labute approximate surface area is 149 Å². The first kappa shape index (κ1) is 17.0. The molecule has 3 aromatic rings. The van der Waals surface area contributed by atoms with Gasteiger partial charge < -0.3 is 11.1 Å². The van der Waals surface area contributed by atoms with E-state index in [0.29, 0.717) is 27.2 Å². The third-order valence-corrected chi connectivity index (χ3v) is 4.68. The number of aryl methyl sites for hydroxylation is 1. The van der Waals surface area contributed by atoms with E-state index in [4.69, 9.17) is 5.73 Å². The Kier molecular flexibility index (Phi) is 4.45. The van der Waals surface area contributed by atoms with Crippen molar-refractivity contribution in [1.82, 2.24) is 25.5 Å². The molecule has 3 rings (SSSR count). The van der Waals surface area contributed by atoms with Gasteiger partial charge in [0.2, 0.25) is 5.13 Å². The van der Waals surface area contributed by atoms with Gasteiger partial charge in [-0.3, -0.25) is 4.79 Å². The SMILES string of the molecule is Cc1ncc(C(=O)NC(C)(C)c2nnc(N)s2)c(-c2ccccc2)n1. The van der Waals surface area contributed by atoms with Gasteiger partial charge in [-0.05, 0) is 20.8 Å². The van der Waals surface area contributed by atoms with Gasteiger partial charge in [0.25, 0.3) is 5.91 Å². The minimum atomic E-state index is -0.717. The molecule has 25 heavy (non-hydrogen) atoms. The third kappa shape index (κ3) is 3.63. The van der Waals surface area contributed by atoms with Crippen LogP contribution in [0.4, 0.5) is 5.13 Å². The zero-order chi connectivity index (χ0) is 18.0. The lowest BCUT2D eigenvalue weighted by Crippen LogP contribution is -2.41. The molecule has 0 bridgehead atoms. The van der Waals surface area contributed by atoms with E-state index >= 15 is 0 Å². The number of anilines is 1. The number of nitrogens with one attached hydrogen (secondary N) is 1. The highest BCUT2D eigenvalue weighted by Gasteiger charge is 2.29. The number of carbonyl (C=O) groups excluding carboxylic acids is 1. The highest BCUT2D eigenvalue weighted by molar-refractivity contribution is 7.15. The van der Waals surface area contributed by atoms with Crippen molar-refractivity contribution in [3.63, 3.8) is 0 Å². The van der Waals surface area contributed by atoms with Gasteiger partial charge in [-0.15, -0.1) is 10.2 Å². The van der Waals surface area contributed by atoms with Gasteiger partial charge in [0.05, 0.1) is 16.8 Å². The van der Waals surface area contributed by atoms with E-state index in [1.165, 1.54) is 11.3 Å². The maximum atomic E-state index is 12.9. The molecule has 0 aliphatic heterocycles. The Morgan fingerprint density at radius 1 is 1.20 bits per heavy atom. The highest BCUT2D eigenvalue weighted by Crippen LogP contribution is 2.26. The lowest BCUT2D eigenvalue weighted by molar-refractivity contribution is 0.0911. The summed E-state index contributed by atoms with van der Waals surface area (Å²) in [5, 5.41) is 11.8. The predicted molar refractivity (Wildman–Crippen MR) is 97.0 cm³/mol. The van der Waals surface area contributed by atoms with Crippen LogP contribution in [0.2, 0.25) is 0 Å². The Bertz CT molecular complexity index is 907. The second-order valence-electron chi connectivity index (χ2n) is 6.07. The molecule has 3 N–H and O–H groups in total. The minimum Gasteiger partial charge on any atom is -0.374 e. The van der Waals surface area contributed by atoms with E-state index in [1.54, 1.807) is 13.1 Å². The molecule has 0 spiro atoms. The van der Waals surface area contributed by atoms with Crippen molar-refractivity contribution >= 4 is 22.4 Å². The van der Waals surface area contributed by atoms with Crippen LogP contribution in [0.1, 0.15) is 35.0 Å². The highest BCUT2D eigenvalue weighted by atomic mass is 32.1. The van der Waals surface area contributed by atoms with Crippen LogP contribution in [0.3, 0.4) is 0 Å². The van der Waals surface area contributed by atoms with E-state index in [9.17, 15) is 4.79 Å². The molecular formula is C17H18N6OS. The van der Waals surface area contributed by atoms with Crippen molar-refractivity contribution in [2.75, 3.05) is 5.73 Å². The van der Waals surface area contributed by atoms with Crippen LogP contribution in [0.5, 0.6) is 0 Å². The maximum Gasteiger partial charge on any atom is 0.255 e. The monoisotopic (exact) mass is 354 g/mol. The van der Waals surface area contributed by atoms with Gasteiger partial charge in [-0.25, -0.2) is 9.97 Å². The third-order valence-electron chi connectivity index (χ3n) is 3.60. The summed E-state index contributed by atoms with van der Waals surface area (Å²) < 4.78 is 0. The van der Waals surface area contributed by atoms with Crippen LogP contribution < -0.4 is 11.1 Å². The molecule has 0 saturated carbocycles. The Hall–Kier alpha value is -2.87. The summed E-state index contributed by atoms with van der Waals surface area (Å²) in [6.07, 6.45) is 1.55. The predicted octanol–water partition coefficient (Wildman–Crippen LogP) is 2.55. The summed E-state index contributed by atoms with van der Waals surface area (Å²) >= 11 is 1.24. The van der Waals surface area contributed by atoms with Crippen LogP contribution >= 0.6 is 11.3 Å². The van der Waals surface area contributed by atoms with Crippen molar-refractivity contribution in [2.45, 2.75) is 26.3 Å². The fourth-order valence-electron chi connectivity index (χ4n) is 2.34. The van der Waals surface area contributed by atoms with Crippen molar-refractivity contribution in [3.05, 3.63) is 52.9 Å². The average molecular weight is 354 g/mol. The average Bonchev–Trinajstić information content (AvgIpc) is 3.02. The lowest BCUT2D eigenvalue weighted by Gasteiger charge is -2.23. The first-order valence-electron chi connectivity index (χ1n) is 7.68. The number of nitrogens with zero attached hydrogens (tertiary/aromatic N) is 4. The number of aromatic nitrogens is 4. The van der Waals surface area contributed by atoms with Crippen LogP contribution in [0.15, 0.2) is 36.5 Å². The van der Waals surface area contributed by atoms with Gasteiger partial charge in [0.1, 0.15) is 10.8 Å². The normalized spacial score (nSPS) is 11.3. The first-order chi connectivity index (χ1) is 11.9. The van der Waals surface area contributed by atoms with E-state index in [0.717, 1.165) is 5.56 Å². The number of carbonyl (C=O) groups is 1. The molecule has 0 radical (unpaired) electrons. The molecule has 0 atom stereocenters. The molecule has 0 saturated heterocycles. The van der Waals surface area contributed by atoms with Crippen LogP contribution in [-0.4, -0.2) is 26.1 Å². The fourth-order valence-corrected chi connectivity index (χ4v) is 3.01. The summed E-state index contributed by atoms with van der Waals surface area (Å²) in [5.41, 5.74) is 6.79. The van der Waals surface area contributed by atoms with E-state index in [2.05, 4.69) is 25.5 Å². The summed E-state index contributed by atoms with van der Waals surface area (Å²) in [6.45, 7) is 5.49. The first-order valence-corrected chi connectivity index (χ1v) is 8.49. The zero-order valence-corrected chi connectivity index (χ0v) is 15.0. The van der Waals surface area contributed by atoms with Crippen molar-refractivity contribution in [3.8, 4) is 11.3 Å². The number of rotatable bonds is 4. The number of hydrogen-bond donors (Lipinski definition) is 2. The zero-order valence-electron chi connectivity index (χ0n) is 14.1. The van der Waals surface area contributed by atoms with Crippen LogP contribution in [0, 0.1) is 6.92 Å². The fraction of sp³-hybridized carbons (Fsp3) is 0.235. The molecule has 8 heteroatoms. The Morgan fingerprint density at radius 3 is 2.56 bits per heavy atom. The molecule has 0 aliphatic carbocycles. The standard InChI is InChI=1S/C17H18N6OS/c1-10-19-9-12(13(20-10)11-7-5-4-6-8-11)14(24)21-17(2,3)15-22-23-16(18)25-15/h4-9H,1-3H3,(H2,18,23)(H,21,24). The Morgan fingerprint density at radius 2 is 1.92 bits per heavy atom. The second-order valence-corrected chi connectivity index (χ2v) is 7.08. The number of benzene rings is 1. The minimum absolute atomic E-state index is 0.280. The number of nitrogens with two attached hydrogens (primary N) is 1. The molecule has 128 valence electrons. The van der Waals surface area contributed by atoms with Gasteiger partial charge in [-0.2, -0.15) is 0 Å². The number of amides is 1. The molecular weight excluding hydrogens is 336 g/mol. The molecule has 0 aliphatic rings. The van der Waals surface area contributed by atoms with Crippen molar-refractivity contribution in [2.24, 2.45) is 0 Å².